The molecule has 0 fully saturated rings. The van der Waals surface area contributed by atoms with Crippen molar-refractivity contribution in [2.24, 2.45) is 0 Å². The van der Waals surface area contributed by atoms with Crippen molar-refractivity contribution in [2.45, 2.75) is 9.96 Å². The molecule has 0 aliphatic carbocycles. The van der Waals surface area contributed by atoms with Crippen LogP contribution in [0.2, 0.25) is 0 Å². The van der Waals surface area contributed by atoms with Gasteiger partial charge in [-0.3, -0.25) is 4.79 Å². The van der Waals surface area contributed by atoms with Gasteiger partial charge in [-0.05, 0) is 71.1 Å². The molecule has 0 aliphatic rings. The van der Waals surface area contributed by atoms with E-state index in [-0.39, 0.29) is 5.91 Å². The minimum absolute atomic E-state index is 0.341. The summed E-state index contributed by atoms with van der Waals surface area (Å²) in [5, 5.41) is 5.71. The molecule has 1 unspecified atom stereocenters. The van der Waals surface area contributed by atoms with E-state index in [1.807, 2.05) is 24.3 Å². The van der Waals surface area contributed by atoms with Crippen molar-refractivity contribution < 1.29 is 4.79 Å². The zero-order chi connectivity index (χ0) is 17.0. The third-order valence-corrected chi connectivity index (χ3v) is 4.77. The molecule has 0 radical (unpaired) electrons. The molecule has 2 aromatic rings. The number of carbonyl (C=O) groups excluding carboxylic acids is 1. The molecule has 1 atom stereocenters. The minimum Gasteiger partial charge on any atom is -0.362 e. The molecular formula is C15H11BrCl3IN2O. The van der Waals surface area contributed by atoms with Gasteiger partial charge in [0, 0.05) is 19.3 Å². The summed E-state index contributed by atoms with van der Waals surface area (Å²) in [6, 6.07) is 14.4. The monoisotopic (exact) mass is 546 g/mol. The minimum atomic E-state index is -1.71. The Morgan fingerprint density at radius 1 is 1.04 bits per heavy atom. The maximum Gasteiger partial charge on any atom is 0.252 e. The number of hydrogen-bond acceptors (Lipinski definition) is 2. The second-order valence-corrected chi connectivity index (χ2v) is 9.14. The SMILES string of the molecule is O=C(NC(Nc1ccc(I)cc1)C(Cl)(Cl)Cl)c1ccc(Br)cc1. The largest absolute Gasteiger partial charge is 0.362 e. The van der Waals surface area contributed by atoms with Crippen LogP contribution in [0.5, 0.6) is 0 Å². The van der Waals surface area contributed by atoms with Crippen molar-refractivity contribution in [1.82, 2.24) is 5.32 Å². The molecule has 0 aliphatic heterocycles. The van der Waals surface area contributed by atoms with Crippen LogP contribution >= 0.6 is 73.3 Å². The topological polar surface area (TPSA) is 41.1 Å². The van der Waals surface area contributed by atoms with Crippen molar-refractivity contribution in [1.29, 1.82) is 0 Å². The molecule has 2 rings (SSSR count). The highest BCUT2D eigenvalue weighted by Crippen LogP contribution is 2.31. The predicted molar refractivity (Wildman–Crippen MR) is 108 cm³/mol. The Morgan fingerprint density at radius 2 is 1.61 bits per heavy atom. The summed E-state index contributed by atoms with van der Waals surface area (Å²) in [6.45, 7) is 0. The fraction of sp³-hybridized carbons (Fsp3) is 0.133. The summed E-state index contributed by atoms with van der Waals surface area (Å²) >= 11 is 23.5. The van der Waals surface area contributed by atoms with Crippen LogP contribution in [0, 0.1) is 3.57 Å². The Hall–Kier alpha value is -0.210. The number of hydrogen-bond donors (Lipinski definition) is 2. The second kappa shape index (κ2) is 8.25. The number of halogens is 5. The van der Waals surface area contributed by atoms with Crippen LogP contribution in [-0.4, -0.2) is 15.9 Å². The van der Waals surface area contributed by atoms with Gasteiger partial charge in [0.05, 0.1) is 0 Å². The normalized spacial score (nSPS) is 12.6. The average Bonchev–Trinajstić information content (AvgIpc) is 2.48. The third kappa shape index (κ3) is 5.98. The molecule has 2 aromatic carbocycles. The highest BCUT2D eigenvalue weighted by Gasteiger charge is 2.34. The van der Waals surface area contributed by atoms with E-state index < -0.39 is 9.96 Å². The predicted octanol–water partition coefficient (Wildman–Crippen LogP) is 5.59. The molecule has 122 valence electrons. The Kier molecular flexibility index (Phi) is 6.86. The van der Waals surface area contributed by atoms with Crippen LogP contribution in [0.3, 0.4) is 0 Å². The van der Waals surface area contributed by atoms with E-state index in [2.05, 4.69) is 49.2 Å². The van der Waals surface area contributed by atoms with Crippen molar-refractivity contribution in [3.8, 4) is 0 Å². The number of amides is 1. The first-order valence-corrected chi connectivity index (χ1v) is 9.41. The van der Waals surface area contributed by atoms with Gasteiger partial charge in [0.2, 0.25) is 3.79 Å². The van der Waals surface area contributed by atoms with Gasteiger partial charge in [-0.25, -0.2) is 0 Å². The van der Waals surface area contributed by atoms with Crippen LogP contribution in [0.25, 0.3) is 0 Å². The lowest BCUT2D eigenvalue weighted by atomic mass is 10.2. The first kappa shape index (κ1) is 19.1. The van der Waals surface area contributed by atoms with Gasteiger partial charge in [-0.15, -0.1) is 0 Å². The maximum atomic E-state index is 12.3. The van der Waals surface area contributed by atoms with E-state index in [0.717, 1.165) is 13.7 Å². The summed E-state index contributed by atoms with van der Waals surface area (Å²) in [7, 11) is 0. The average molecular weight is 548 g/mol. The highest BCUT2D eigenvalue weighted by atomic mass is 127. The summed E-state index contributed by atoms with van der Waals surface area (Å²) in [4.78, 5) is 12.3. The molecule has 2 N–H and O–H groups in total. The van der Waals surface area contributed by atoms with E-state index in [1.54, 1.807) is 24.3 Å². The van der Waals surface area contributed by atoms with Crippen molar-refractivity contribution >= 4 is 84.9 Å². The number of benzene rings is 2. The Labute approximate surface area is 171 Å². The van der Waals surface area contributed by atoms with Crippen LogP contribution < -0.4 is 10.6 Å². The summed E-state index contributed by atoms with van der Waals surface area (Å²) < 4.78 is 0.245. The Balaban J connectivity index is 2.14. The number of nitrogens with one attached hydrogen (secondary N) is 2. The van der Waals surface area contributed by atoms with E-state index >= 15 is 0 Å². The number of alkyl halides is 3. The summed E-state index contributed by atoms with van der Waals surface area (Å²) in [5.74, 6) is -0.341. The van der Waals surface area contributed by atoms with Gasteiger partial charge in [0.15, 0.2) is 0 Å². The van der Waals surface area contributed by atoms with Gasteiger partial charge >= 0.3 is 0 Å². The number of anilines is 1. The van der Waals surface area contributed by atoms with E-state index in [0.29, 0.717) is 5.56 Å². The lowest BCUT2D eigenvalue weighted by Crippen LogP contribution is -2.49. The smallest absolute Gasteiger partial charge is 0.252 e. The lowest BCUT2D eigenvalue weighted by molar-refractivity contribution is 0.0942. The Morgan fingerprint density at radius 3 is 2.13 bits per heavy atom. The van der Waals surface area contributed by atoms with Crippen molar-refractivity contribution in [3.63, 3.8) is 0 Å². The molecule has 0 saturated heterocycles. The zero-order valence-corrected chi connectivity index (χ0v) is 17.5. The third-order valence-electron chi connectivity index (χ3n) is 2.86. The van der Waals surface area contributed by atoms with E-state index in [9.17, 15) is 4.79 Å². The van der Waals surface area contributed by atoms with Crippen molar-refractivity contribution in [2.75, 3.05) is 5.32 Å². The second-order valence-electron chi connectivity index (χ2n) is 4.61. The molecule has 3 nitrogen and oxygen atoms in total. The van der Waals surface area contributed by atoms with Gasteiger partial charge in [0.25, 0.3) is 5.91 Å². The summed E-state index contributed by atoms with van der Waals surface area (Å²) in [5.41, 5.74) is 1.20. The van der Waals surface area contributed by atoms with Crippen LogP contribution in [-0.2, 0) is 0 Å². The van der Waals surface area contributed by atoms with E-state index in [1.165, 1.54) is 0 Å². The van der Waals surface area contributed by atoms with E-state index in [4.69, 9.17) is 34.8 Å². The molecule has 0 saturated carbocycles. The standard InChI is InChI=1S/C15H11BrCl3IN2O/c16-10-3-1-9(2-4-10)13(23)22-14(15(17,18)19)21-12-7-5-11(20)6-8-12/h1-8,14,21H,(H,22,23). The molecule has 8 heteroatoms. The molecule has 1 amide bonds. The van der Waals surface area contributed by atoms with Gasteiger partial charge in [-0.1, -0.05) is 50.7 Å². The Bertz CT molecular complexity index is 675. The molecule has 0 bridgehead atoms. The molecule has 0 aromatic heterocycles. The number of rotatable bonds is 4. The molecule has 23 heavy (non-hydrogen) atoms. The van der Waals surface area contributed by atoms with Crippen LogP contribution in [0.15, 0.2) is 53.0 Å². The first-order valence-electron chi connectivity index (χ1n) is 6.41. The van der Waals surface area contributed by atoms with Gasteiger partial charge in [0.1, 0.15) is 6.17 Å². The van der Waals surface area contributed by atoms with Crippen molar-refractivity contribution in [3.05, 3.63) is 62.1 Å². The zero-order valence-electron chi connectivity index (χ0n) is 11.5. The molecule has 0 heterocycles. The van der Waals surface area contributed by atoms with Gasteiger partial charge in [-0.2, -0.15) is 0 Å². The molecule has 0 spiro atoms. The fourth-order valence-corrected chi connectivity index (χ4v) is 2.68. The highest BCUT2D eigenvalue weighted by molar-refractivity contribution is 14.1. The van der Waals surface area contributed by atoms with Crippen LogP contribution in [0.4, 0.5) is 5.69 Å². The van der Waals surface area contributed by atoms with Crippen LogP contribution in [0.1, 0.15) is 10.4 Å². The fourth-order valence-electron chi connectivity index (χ4n) is 1.73. The number of carbonyl (C=O) groups is 1. The molecular weight excluding hydrogens is 537 g/mol. The maximum absolute atomic E-state index is 12.3. The quantitative estimate of drug-likeness (QED) is 0.297. The lowest BCUT2D eigenvalue weighted by Gasteiger charge is -2.27. The first-order chi connectivity index (χ1) is 10.8. The van der Waals surface area contributed by atoms with Gasteiger partial charge < -0.3 is 10.6 Å². The summed E-state index contributed by atoms with van der Waals surface area (Å²) in [6.07, 6.45) is -0.885.